The van der Waals surface area contributed by atoms with Crippen molar-refractivity contribution >= 4 is 11.9 Å². The van der Waals surface area contributed by atoms with Gasteiger partial charge < -0.3 is 20.1 Å². The number of nitrogens with one attached hydrogen (secondary N) is 2. The van der Waals surface area contributed by atoms with Gasteiger partial charge >= 0.3 is 11.9 Å². The maximum absolute atomic E-state index is 12.4. The molecule has 2 saturated heterocycles. The van der Waals surface area contributed by atoms with E-state index >= 15 is 0 Å². The highest BCUT2D eigenvalue weighted by Gasteiger charge is 2.37. The highest BCUT2D eigenvalue weighted by Crippen LogP contribution is 2.30. The minimum atomic E-state index is -0.309. The molecular formula is C24H44N2O4. The minimum Gasteiger partial charge on any atom is -0.462 e. The molecule has 2 fully saturated rings. The molecule has 2 rings (SSSR count). The summed E-state index contributed by atoms with van der Waals surface area (Å²) in [5.74, 6) is -0.618. The van der Waals surface area contributed by atoms with Crippen LogP contribution >= 0.6 is 0 Å². The van der Waals surface area contributed by atoms with Gasteiger partial charge in [-0.15, -0.1) is 0 Å². The van der Waals surface area contributed by atoms with E-state index < -0.39 is 0 Å². The highest BCUT2D eigenvalue weighted by atomic mass is 16.6. The van der Waals surface area contributed by atoms with Crippen LogP contribution in [0.5, 0.6) is 0 Å². The van der Waals surface area contributed by atoms with Crippen LogP contribution < -0.4 is 10.6 Å². The van der Waals surface area contributed by atoms with E-state index in [9.17, 15) is 9.59 Å². The van der Waals surface area contributed by atoms with E-state index in [1.54, 1.807) is 0 Å². The van der Waals surface area contributed by atoms with Crippen molar-refractivity contribution in [2.75, 3.05) is 0 Å². The first-order chi connectivity index (χ1) is 13.6. The van der Waals surface area contributed by atoms with Crippen LogP contribution in [0.3, 0.4) is 0 Å². The Hall–Kier alpha value is -1.14. The molecule has 30 heavy (non-hydrogen) atoms. The van der Waals surface area contributed by atoms with E-state index in [1.165, 1.54) is 0 Å². The van der Waals surface area contributed by atoms with Crippen LogP contribution in [-0.2, 0) is 19.1 Å². The van der Waals surface area contributed by atoms with Gasteiger partial charge in [0.25, 0.3) is 0 Å². The lowest BCUT2D eigenvalue weighted by atomic mass is 9.96. The first-order valence-corrected chi connectivity index (χ1v) is 11.5. The summed E-state index contributed by atoms with van der Waals surface area (Å²) in [5.41, 5.74) is -0.162. The molecule has 0 aromatic heterocycles. The maximum atomic E-state index is 12.4. The molecule has 0 aromatic rings. The molecule has 2 aliphatic heterocycles. The summed E-state index contributed by atoms with van der Waals surface area (Å²) in [5, 5.41) is 7.28. The number of carbonyl (C=O) groups excluding carboxylic acids is 2. The fourth-order valence-corrected chi connectivity index (χ4v) is 5.34. The molecule has 2 atom stereocenters. The number of rotatable bonds is 5. The Kier molecular flexibility index (Phi) is 7.67. The Labute approximate surface area is 183 Å². The van der Waals surface area contributed by atoms with E-state index in [0.717, 1.165) is 38.5 Å². The molecule has 6 nitrogen and oxygen atoms in total. The molecule has 0 aliphatic carbocycles. The minimum absolute atomic E-state index is 0.0182. The average Bonchev–Trinajstić information content (AvgIpc) is 2.70. The number of esters is 2. The predicted octanol–water partition coefficient (Wildman–Crippen LogP) is 4.25. The third-order valence-corrected chi connectivity index (χ3v) is 6.14. The van der Waals surface area contributed by atoms with E-state index in [0.29, 0.717) is 0 Å². The Balaban J connectivity index is 1.80. The second-order valence-corrected chi connectivity index (χ2v) is 12.0. The van der Waals surface area contributed by atoms with Gasteiger partial charge in [0.1, 0.15) is 12.2 Å². The lowest BCUT2D eigenvalue weighted by Crippen LogP contribution is -2.51. The van der Waals surface area contributed by atoms with Crippen LogP contribution in [0.15, 0.2) is 0 Å². The summed E-state index contributed by atoms with van der Waals surface area (Å²) in [6.45, 7) is 17.3. The van der Waals surface area contributed by atoms with Crippen molar-refractivity contribution in [2.45, 2.75) is 141 Å². The fourth-order valence-electron chi connectivity index (χ4n) is 5.34. The van der Waals surface area contributed by atoms with Gasteiger partial charge in [0, 0.05) is 35.0 Å². The molecule has 0 saturated carbocycles. The van der Waals surface area contributed by atoms with Crippen molar-refractivity contribution in [3.05, 3.63) is 0 Å². The monoisotopic (exact) mass is 424 g/mol. The highest BCUT2D eigenvalue weighted by molar-refractivity contribution is 5.77. The van der Waals surface area contributed by atoms with Gasteiger partial charge in [0.15, 0.2) is 0 Å². The quantitative estimate of drug-likeness (QED) is 0.643. The topological polar surface area (TPSA) is 76.7 Å². The SMILES string of the molecule is CC1(C)CCC(OC(=O)CCC(=O)OC2CCC(C)(C)NC(C)(C)C2)CC(C)(C)N1. The van der Waals surface area contributed by atoms with Gasteiger partial charge in [-0.25, -0.2) is 0 Å². The maximum Gasteiger partial charge on any atom is 0.306 e. The molecule has 2 unspecified atom stereocenters. The molecular weight excluding hydrogens is 380 g/mol. The van der Waals surface area contributed by atoms with E-state index in [-0.39, 0.29) is 59.1 Å². The van der Waals surface area contributed by atoms with Crippen LogP contribution in [-0.4, -0.2) is 46.3 Å². The van der Waals surface area contributed by atoms with Crippen molar-refractivity contribution in [2.24, 2.45) is 0 Å². The lowest BCUT2D eigenvalue weighted by Gasteiger charge is -2.34. The number of carbonyl (C=O) groups is 2. The normalized spacial score (nSPS) is 29.9. The largest absolute Gasteiger partial charge is 0.462 e. The Morgan fingerprint density at radius 1 is 0.667 bits per heavy atom. The Bertz CT molecular complexity index is 571. The molecule has 0 aromatic carbocycles. The standard InChI is InChI=1S/C24H44N2O4/c1-21(2)13-11-17(15-23(5,6)25-21)29-19(27)9-10-20(28)30-18-12-14-22(3,4)26-24(7,8)16-18/h17-18,25-26H,9-16H2,1-8H3. The summed E-state index contributed by atoms with van der Waals surface area (Å²) in [6, 6.07) is 0. The van der Waals surface area contributed by atoms with Gasteiger partial charge in [-0.1, -0.05) is 0 Å². The molecule has 2 N–H and O–H groups in total. The van der Waals surface area contributed by atoms with Crippen LogP contribution in [0.25, 0.3) is 0 Å². The summed E-state index contributed by atoms with van der Waals surface area (Å²) in [4.78, 5) is 24.8. The van der Waals surface area contributed by atoms with Gasteiger partial charge in [0.05, 0.1) is 12.8 Å². The zero-order valence-corrected chi connectivity index (χ0v) is 20.4. The molecule has 6 heteroatoms. The smallest absolute Gasteiger partial charge is 0.306 e. The van der Waals surface area contributed by atoms with Crippen molar-refractivity contribution < 1.29 is 19.1 Å². The molecule has 174 valence electrons. The number of hydrogen-bond acceptors (Lipinski definition) is 6. The zero-order valence-electron chi connectivity index (χ0n) is 20.4. The number of hydrogen-bond donors (Lipinski definition) is 2. The second-order valence-electron chi connectivity index (χ2n) is 12.0. The lowest BCUT2D eigenvalue weighted by molar-refractivity contribution is -0.157. The zero-order chi connectivity index (χ0) is 22.8. The van der Waals surface area contributed by atoms with Crippen molar-refractivity contribution in [3.63, 3.8) is 0 Å². The average molecular weight is 425 g/mol. The molecule has 2 heterocycles. The van der Waals surface area contributed by atoms with E-state index in [4.69, 9.17) is 9.47 Å². The number of ether oxygens (including phenoxy) is 2. The van der Waals surface area contributed by atoms with Crippen molar-refractivity contribution in [1.82, 2.24) is 10.6 Å². The molecule has 0 radical (unpaired) electrons. The third kappa shape index (κ3) is 8.54. The van der Waals surface area contributed by atoms with Crippen molar-refractivity contribution in [3.8, 4) is 0 Å². The van der Waals surface area contributed by atoms with E-state index in [1.807, 2.05) is 0 Å². The fraction of sp³-hybridized carbons (Fsp3) is 0.917. The second kappa shape index (κ2) is 9.15. The Morgan fingerprint density at radius 3 is 1.33 bits per heavy atom. The third-order valence-electron chi connectivity index (χ3n) is 6.14. The van der Waals surface area contributed by atoms with Gasteiger partial charge in [-0.05, 0) is 81.1 Å². The predicted molar refractivity (Wildman–Crippen MR) is 119 cm³/mol. The first kappa shape index (κ1) is 25.1. The van der Waals surface area contributed by atoms with Gasteiger partial charge in [-0.3, -0.25) is 9.59 Å². The summed E-state index contributed by atoms with van der Waals surface area (Å²) in [6.07, 6.45) is 5.01. The molecule has 0 bridgehead atoms. The summed E-state index contributed by atoms with van der Waals surface area (Å²) < 4.78 is 11.4. The van der Waals surface area contributed by atoms with Gasteiger partial charge in [-0.2, -0.15) is 0 Å². The Morgan fingerprint density at radius 2 is 1.00 bits per heavy atom. The molecule has 0 spiro atoms. The summed E-state index contributed by atoms with van der Waals surface area (Å²) >= 11 is 0. The summed E-state index contributed by atoms with van der Waals surface area (Å²) in [7, 11) is 0. The van der Waals surface area contributed by atoms with Crippen LogP contribution in [0.1, 0.15) is 107 Å². The first-order valence-electron chi connectivity index (χ1n) is 11.5. The van der Waals surface area contributed by atoms with E-state index in [2.05, 4.69) is 66.0 Å². The van der Waals surface area contributed by atoms with Gasteiger partial charge in [0.2, 0.25) is 0 Å². The van der Waals surface area contributed by atoms with Crippen LogP contribution in [0.2, 0.25) is 0 Å². The van der Waals surface area contributed by atoms with Crippen LogP contribution in [0, 0.1) is 0 Å². The molecule has 0 amide bonds. The van der Waals surface area contributed by atoms with Crippen molar-refractivity contribution in [1.29, 1.82) is 0 Å². The molecule has 2 aliphatic rings. The van der Waals surface area contributed by atoms with Crippen LogP contribution in [0.4, 0.5) is 0 Å².